The third-order valence-corrected chi connectivity index (χ3v) is 3.36. The highest BCUT2D eigenvalue weighted by molar-refractivity contribution is 5.29. The molecule has 0 spiro atoms. The van der Waals surface area contributed by atoms with E-state index in [1.54, 1.807) is 0 Å². The number of rotatable bonds is 7. The van der Waals surface area contributed by atoms with E-state index in [9.17, 15) is 9.90 Å². The van der Waals surface area contributed by atoms with Crippen molar-refractivity contribution in [3.63, 3.8) is 0 Å². The van der Waals surface area contributed by atoms with Gasteiger partial charge in [-0.25, -0.2) is 0 Å². The standard InChI is InChI=1S/C15H26N2O2/c1-5-7-9-16(4)11-13-15(19)14(18)10-12(3)17(13)8-6-2/h10,19H,5-9,11H2,1-4H3. The molecule has 19 heavy (non-hydrogen) atoms. The lowest BCUT2D eigenvalue weighted by Crippen LogP contribution is -2.25. The van der Waals surface area contributed by atoms with Crippen LogP contribution < -0.4 is 5.43 Å². The van der Waals surface area contributed by atoms with Gasteiger partial charge in [-0.2, -0.15) is 0 Å². The second-order valence-corrected chi connectivity index (χ2v) is 5.19. The summed E-state index contributed by atoms with van der Waals surface area (Å²) < 4.78 is 2.05. The number of hydrogen-bond acceptors (Lipinski definition) is 3. The summed E-state index contributed by atoms with van der Waals surface area (Å²) in [5, 5.41) is 10.0. The Morgan fingerprint density at radius 1 is 1.32 bits per heavy atom. The molecular formula is C15H26N2O2. The predicted molar refractivity (Wildman–Crippen MR) is 78.6 cm³/mol. The highest BCUT2D eigenvalue weighted by Gasteiger charge is 2.14. The third kappa shape index (κ3) is 4.10. The molecule has 0 aliphatic carbocycles. The average molecular weight is 266 g/mol. The van der Waals surface area contributed by atoms with E-state index in [1.165, 1.54) is 6.07 Å². The van der Waals surface area contributed by atoms with Crippen molar-refractivity contribution >= 4 is 0 Å². The molecule has 108 valence electrons. The molecule has 1 heterocycles. The van der Waals surface area contributed by atoms with Crippen LogP contribution in [0.25, 0.3) is 0 Å². The Morgan fingerprint density at radius 2 is 2.00 bits per heavy atom. The van der Waals surface area contributed by atoms with Crippen LogP contribution in [0.5, 0.6) is 5.75 Å². The Morgan fingerprint density at radius 3 is 2.58 bits per heavy atom. The van der Waals surface area contributed by atoms with Crippen LogP contribution in [0.3, 0.4) is 0 Å². The van der Waals surface area contributed by atoms with Gasteiger partial charge in [0.25, 0.3) is 0 Å². The molecule has 4 nitrogen and oxygen atoms in total. The minimum Gasteiger partial charge on any atom is -0.503 e. The summed E-state index contributed by atoms with van der Waals surface area (Å²) in [6.45, 7) is 8.60. The Balaban J connectivity index is 3.05. The van der Waals surface area contributed by atoms with E-state index in [-0.39, 0.29) is 11.2 Å². The van der Waals surface area contributed by atoms with Crippen molar-refractivity contribution in [1.82, 2.24) is 9.47 Å². The summed E-state index contributed by atoms with van der Waals surface area (Å²) in [6, 6.07) is 1.51. The fourth-order valence-electron chi connectivity index (χ4n) is 2.28. The van der Waals surface area contributed by atoms with Crippen LogP contribution in [-0.2, 0) is 13.1 Å². The lowest BCUT2D eigenvalue weighted by atomic mass is 10.2. The first kappa shape index (κ1) is 15.8. The maximum absolute atomic E-state index is 11.7. The number of unbranched alkanes of at least 4 members (excludes halogenated alkanes) is 1. The Labute approximate surface area is 115 Å². The van der Waals surface area contributed by atoms with E-state index in [0.717, 1.165) is 43.7 Å². The van der Waals surface area contributed by atoms with Crippen LogP contribution in [0, 0.1) is 6.92 Å². The molecule has 4 heteroatoms. The van der Waals surface area contributed by atoms with Crippen molar-refractivity contribution < 1.29 is 5.11 Å². The van der Waals surface area contributed by atoms with Gasteiger partial charge in [0.2, 0.25) is 5.43 Å². The van der Waals surface area contributed by atoms with E-state index in [4.69, 9.17) is 0 Å². The molecule has 0 aliphatic heterocycles. The number of aryl methyl sites for hydroxylation is 1. The molecule has 0 atom stereocenters. The number of pyridine rings is 1. The Bertz CT molecular complexity index is 466. The van der Waals surface area contributed by atoms with Crippen molar-refractivity contribution in [2.45, 2.75) is 53.1 Å². The molecule has 1 aromatic rings. The topological polar surface area (TPSA) is 45.5 Å². The van der Waals surface area contributed by atoms with Gasteiger partial charge in [-0.1, -0.05) is 20.3 Å². The fraction of sp³-hybridized carbons (Fsp3) is 0.667. The zero-order valence-corrected chi connectivity index (χ0v) is 12.6. The first-order valence-electron chi connectivity index (χ1n) is 7.12. The molecule has 1 N–H and O–H groups in total. The molecule has 0 saturated heterocycles. The minimum atomic E-state index is -0.274. The zero-order valence-electron chi connectivity index (χ0n) is 12.6. The molecule has 1 aromatic heterocycles. The molecule has 0 fully saturated rings. The van der Waals surface area contributed by atoms with Crippen molar-refractivity contribution in [3.05, 3.63) is 27.7 Å². The van der Waals surface area contributed by atoms with Gasteiger partial charge >= 0.3 is 0 Å². The summed E-state index contributed by atoms with van der Waals surface area (Å²) in [6.07, 6.45) is 3.25. The molecule has 0 radical (unpaired) electrons. The molecular weight excluding hydrogens is 240 g/mol. The van der Waals surface area contributed by atoms with Crippen molar-refractivity contribution in [2.24, 2.45) is 0 Å². The maximum atomic E-state index is 11.7. The number of aromatic hydroxyl groups is 1. The summed E-state index contributed by atoms with van der Waals surface area (Å²) in [5.41, 5.74) is 1.39. The normalized spacial score (nSPS) is 11.2. The summed E-state index contributed by atoms with van der Waals surface area (Å²) in [7, 11) is 2.03. The van der Waals surface area contributed by atoms with Gasteiger partial charge < -0.3 is 14.6 Å². The van der Waals surface area contributed by atoms with Gasteiger partial charge in [0, 0.05) is 24.8 Å². The van der Waals surface area contributed by atoms with Crippen LogP contribution in [0.4, 0.5) is 0 Å². The fourth-order valence-corrected chi connectivity index (χ4v) is 2.28. The minimum absolute atomic E-state index is 0.0950. The van der Waals surface area contributed by atoms with Crippen LogP contribution in [0.2, 0.25) is 0 Å². The van der Waals surface area contributed by atoms with Crippen molar-refractivity contribution in [2.75, 3.05) is 13.6 Å². The first-order chi connectivity index (χ1) is 9.01. The molecule has 0 aromatic carbocycles. The van der Waals surface area contributed by atoms with Crippen LogP contribution in [-0.4, -0.2) is 28.2 Å². The van der Waals surface area contributed by atoms with E-state index < -0.39 is 0 Å². The van der Waals surface area contributed by atoms with Gasteiger partial charge in [0.05, 0.1) is 5.69 Å². The third-order valence-electron chi connectivity index (χ3n) is 3.36. The van der Waals surface area contributed by atoms with E-state index in [2.05, 4.69) is 23.3 Å². The molecule has 0 amide bonds. The predicted octanol–water partition coefficient (Wildman–Crippen LogP) is 2.50. The molecule has 0 saturated carbocycles. The molecule has 0 unspecified atom stereocenters. The van der Waals surface area contributed by atoms with Crippen LogP contribution in [0.15, 0.2) is 10.9 Å². The van der Waals surface area contributed by atoms with Gasteiger partial charge in [-0.15, -0.1) is 0 Å². The Hall–Kier alpha value is -1.29. The quantitative estimate of drug-likeness (QED) is 0.824. The molecule has 0 bridgehead atoms. The Kier molecular flexibility index (Phi) is 6.09. The molecule has 1 rings (SSSR count). The van der Waals surface area contributed by atoms with Crippen LogP contribution in [0.1, 0.15) is 44.5 Å². The average Bonchev–Trinajstić information content (AvgIpc) is 2.37. The van der Waals surface area contributed by atoms with Crippen molar-refractivity contribution in [1.29, 1.82) is 0 Å². The highest BCUT2D eigenvalue weighted by atomic mass is 16.3. The lowest BCUT2D eigenvalue weighted by Gasteiger charge is -2.22. The largest absolute Gasteiger partial charge is 0.503 e. The first-order valence-corrected chi connectivity index (χ1v) is 7.12. The summed E-state index contributed by atoms with van der Waals surface area (Å²) >= 11 is 0. The number of nitrogens with zero attached hydrogens (tertiary/aromatic N) is 2. The SMILES string of the molecule is CCCCN(C)Cc1c(O)c(=O)cc(C)n1CCC. The van der Waals surface area contributed by atoms with E-state index >= 15 is 0 Å². The van der Waals surface area contributed by atoms with E-state index in [0.29, 0.717) is 6.54 Å². The monoisotopic (exact) mass is 266 g/mol. The van der Waals surface area contributed by atoms with Gasteiger partial charge in [-0.05, 0) is 33.4 Å². The maximum Gasteiger partial charge on any atom is 0.223 e. The smallest absolute Gasteiger partial charge is 0.223 e. The van der Waals surface area contributed by atoms with Gasteiger partial charge in [0.1, 0.15) is 0 Å². The number of hydrogen-bond donors (Lipinski definition) is 1. The summed E-state index contributed by atoms with van der Waals surface area (Å²) in [5.74, 6) is -0.0950. The highest BCUT2D eigenvalue weighted by Crippen LogP contribution is 2.17. The summed E-state index contributed by atoms with van der Waals surface area (Å²) in [4.78, 5) is 13.9. The van der Waals surface area contributed by atoms with Gasteiger partial charge in [-0.3, -0.25) is 4.79 Å². The zero-order chi connectivity index (χ0) is 14.4. The lowest BCUT2D eigenvalue weighted by molar-refractivity contribution is 0.301. The van der Waals surface area contributed by atoms with E-state index in [1.807, 2.05) is 14.0 Å². The van der Waals surface area contributed by atoms with Crippen molar-refractivity contribution in [3.8, 4) is 5.75 Å². The van der Waals surface area contributed by atoms with Crippen LogP contribution >= 0.6 is 0 Å². The molecule has 0 aliphatic rings. The second-order valence-electron chi connectivity index (χ2n) is 5.19. The second kappa shape index (κ2) is 7.34. The van der Waals surface area contributed by atoms with Gasteiger partial charge in [0.15, 0.2) is 5.75 Å². The number of aromatic nitrogens is 1.